The van der Waals surface area contributed by atoms with Crippen molar-refractivity contribution in [2.75, 3.05) is 33.7 Å². The van der Waals surface area contributed by atoms with Crippen LogP contribution in [0.3, 0.4) is 0 Å². The van der Waals surface area contributed by atoms with Gasteiger partial charge in [0.1, 0.15) is 0 Å². The predicted octanol–water partition coefficient (Wildman–Crippen LogP) is 1.97. The maximum absolute atomic E-state index is 3.35. The molecular weight excluding hydrogens is 234 g/mol. The summed E-state index contributed by atoms with van der Waals surface area (Å²) < 4.78 is 0. The molecule has 106 valence electrons. The molecule has 0 saturated carbocycles. The van der Waals surface area contributed by atoms with Gasteiger partial charge in [-0.3, -0.25) is 9.80 Å². The highest BCUT2D eigenvalue weighted by Gasteiger charge is 2.30. The molecule has 3 atom stereocenters. The van der Waals surface area contributed by atoms with Crippen molar-refractivity contribution in [1.29, 1.82) is 0 Å². The summed E-state index contributed by atoms with van der Waals surface area (Å²) >= 11 is 0. The molecule has 1 heterocycles. The van der Waals surface area contributed by atoms with Crippen molar-refractivity contribution in [2.24, 2.45) is 0 Å². The monoisotopic (exact) mass is 261 g/mol. The minimum atomic E-state index is 0.477. The molecule has 1 saturated heterocycles. The van der Waals surface area contributed by atoms with Gasteiger partial charge in [-0.1, -0.05) is 30.3 Å². The summed E-state index contributed by atoms with van der Waals surface area (Å²) in [6, 6.07) is 12.6. The summed E-state index contributed by atoms with van der Waals surface area (Å²) in [6.07, 6.45) is 0. The lowest BCUT2D eigenvalue weighted by atomic mass is 10.0. The number of hydrogen-bond donors (Lipinski definition) is 1. The lowest BCUT2D eigenvalue weighted by Gasteiger charge is -2.45. The first-order valence-electron chi connectivity index (χ1n) is 7.29. The maximum atomic E-state index is 3.35. The Kier molecular flexibility index (Phi) is 4.97. The summed E-state index contributed by atoms with van der Waals surface area (Å²) in [5.74, 6) is 0. The predicted molar refractivity (Wildman–Crippen MR) is 81.4 cm³/mol. The first-order chi connectivity index (χ1) is 9.13. The molecule has 1 aromatic rings. The van der Waals surface area contributed by atoms with E-state index >= 15 is 0 Å². The minimum Gasteiger partial charge on any atom is -0.318 e. The van der Waals surface area contributed by atoms with Crippen molar-refractivity contribution in [2.45, 2.75) is 32.0 Å². The molecule has 0 amide bonds. The molecule has 0 aromatic heterocycles. The molecule has 1 fully saturated rings. The molecule has 2 rings (SSSR count). The van der Waals surface area contributed by atoms with Crippen LogP contribution in [0.15, 0.2) is 30.3 Å². The van der Waals surface area contributed by atoms with Gasteiger partial charge in [0.25, 0.3) is 0 Å². The molecule has 1 aromatic carbocycles. The highest BCUT2D eigenvalue weighted by atomic mass is 15.3. The van der Waals surface area contributed by atoms with Gasteiger partial charge >= 0.3 is 0 Å². The summed E-state index contributed by atoms with van der Waals surface area (Å²) in [4.78, 5) is 5.11. The number of nitrogens with zero attached hydrogens (tertiary/aromatic N) is 2. The highest BCUT2D eigenvalue weighted by molar-refractivity contribution is 5.20. The SMILES string of the molecule is CNCC(c1ccccc1)N1CC(C)N(C)C(C)C1. The second-order valence-electron chi connectivity index (χ2n) is 5.80. The molecule has 0 radical (unpaired) electrons. The summed E-state index contributed by atoms with van der Waals surface area (Å²) in [5, 5.41) is 3.35. The van der Waals surface area contributed by atoms with Crippen LogP contribution in [0.4, 0.5) is 0 Å². The fourth-order valence-corrected chi connectivity index (χ4v) is 3.03. The quantitative estimate of drug-likeness (QED) is 0.894. The van der Waals surface area contributed by atoms with E-state index in [1.54, 1.807) is 0 Å². The third kappa shape index (κ3) is 3.35. The van der Waals surface area contributed by atoms with Gasteiger partial charge < -0.3 is 5.32 Å². The van der Waals surface area contributed by atoms with Crippen LogP contribution in [0.1, 0.15) is 25.5 Å². The zero-order valence-corrected chi connectivity index (χ0v) is 12.6. The number of nitrogens with one attached hydrogen (secondary N) is 1. The standard InChI is InChI=1S/C16H27N3/c1-13-11-19(12-14(2)18(13)4)16(10-17-3)15-8-6-5-7-9-15/h5-9,13-14,16-17H,10-12H2,1-4H3. The Bertz CT molecular complexity index is 367. The second-order valence-corrected chi connectivity index (χ2v) is 5.80. The first kappa shape index (κ1) is 14.5. The van der Waals surface area contributed by atoms with E-state index < -0.39 is 0 Å². The van der Waals surface area contributed by atoms with Crippen LogP contribution < -0.4 is 5.32 Å². The molecule has 1 aliphatic rings. The Balaban J connectivity index is 2.16. The van der Waals surface area contributed by atoms with Gasteiger partial charge in [0.15, 0.2) is 0 Å². The summed E-state index contributed by atoms with van der Waals surface area (Å²) in [6.45, 7) is 7.94. The molecule has 0 spiro atoms. The van der Waals surface area contributed by atoms with Crippen LogP contribution in [0.25, 0.3) is 0 Å². The minimum absolute atomic E-state index is 0.477. The third-order valence-corrected chi connectivity index (χ3v) is 4.41. The van der Waals surface area contributed by atoms with Gasteiger partial charge in [-0.05, 0) is 33.5 Å². The van der Waals surface area contributed by atoms with Gasteiger partial charge in [-0.15, -0.1) is 0 Å². The molecule has 0 bridgehead atoms. The lowest BCUT2D eigenvalue weighted by molar-refractivity contribution is 0.0334. The Labute approximate surface area is 117 Å². The van der Waals surface area contributed by atoms with Crippen molar-refractivity contribution >= 4 is 0 Å². The Morgan fingerprint density at radius 1 is 1.16 bits per heavy atom. The van der Waals surface area contributed by atoms with E-state index in [0.29, 0.717) is 18.1 Å². The van der Waals surface area contributed by atoms with Gasteiger partial charge in [0, 0.05) is 37.8 Å². The zero-order valence-electron chi connectivity index (χ0n) is 12.6. The average Bonchev–Trinajstić information content (AvgIpc) is 2.42. The molecule has 1 N–H and O–H groups in total. The molecule has 3 nitrogen and oxygen atoms in total. The van der Waals surface area contributed by atoms with Crippen molar-refractivity contribution < 1.29 is 0 Å². The van der Waals surface area contributed by atoms with Crippen LogP contribution in [-0.2, 0) is 0 Å². The number of piperazine rings is 1. The third-order valence-electron chi connectivity index (χ3n) is 4.41. The Morgan fingerprint density at radius 3 is 2.26 bits per heavy atom. The first-order valence-corrected chi connectivity index (χ1v) is 7.29. The summed E-state index contributed by atoms with van der Waals surface area (Å²) in [5.41, 5.74) is 1.42. The van der Waals surface area contributed by atoms with Crippen LogP contribution in [0.5, 0.6) is 0 Å². The Hall–Kier alpha value is -0.900. The average molecular weight is 261 g/mol. The molecule has 3 unspecified atom stereocenters. The van der Waals surface area contributed by atoms with Crippen LogP contribution >= 0.6 is 0 Å². The van der Waals surface area contributed by atoms with E-state index in [2.05, 4.69) is 66.3 Å². The maximum Gasteiger partial charge on any atom is 0.0473 e. The van der Waals surface area contributed by atoms with Gasteiger partial charge in [0.2, 0.25) is 0 Å². The van der Waals surface area contributed by atoms with E-state index in [4.69, 9.17) is 0 Å². The number of rotatable bonds is 4. The molecule has 1 aliphatic heterocycles. The molecule has 19 heavy (non-hydrogen) atoms. The lowest BCUT2D eigenvalue weighted by Crippen LogP contribution is -2.56. The van der Waals surface area contributed by atoms with E-state index in [1.807, 2.05) is 7.05 Å². The van der Waals surface area contributed by atoms with Crippen molar-refractivity contribution in [3.63, 3.8) is 0 Å². The van der Waals surface area contributed by atoms with Crippen molar-refractivity contribution in [1.82, 2.24) is 15.1 Å². The van der Waals surface area contributed by atoms with Crippen LogP contribution in [-0.4, -0.2) is 55.6 Å². The van der Waals surface area contributed by atoms with Crippen LogP contribution in [0, 0.1) is 0 Å². The number of hydrogen-bond acceptors (Lipinski definition) is 3. The number of benzene rings is 1. The van der Waals surface area contributed by atoms with Crippen molar-refractivity contribution in [3.05, 3.63) is 35.9 Å². The van der Waals surface area contributed by atoms with Gasteiger partial charge in [-0.25, -0.2) is 0 Å². The fourth-order valence-electron chi connectivity index (χ4n) is 3.03. The van der Waals surface area contributed by atoms with Gasteiger partial charge in [-0.2, -0.15) is 0 Å². The zero-order chi connectivity index (χ0) is 13.8. The number of likely N-dealkylation sites (N-methyl/N-ethyl adjacent to an activating group) is 2. The van der Waals surface area contributed by atoms with E-state index in [9.17, 15) is 0 Å². The van der Waals surface area contributed by atoms with E-state index in [1.165, 1.54) is 5.56 Å². The Morgan fingerprint density at radius 2 is 1.74 bits per heavy atom. The molecule has 0 aliphatic carbocycles. The molecule has 3 heteroatoms. The van der Waals surface area contributed by atoms with Crippen molar-refractivity contribution in [3.8, 4) is 0 Å². The topological polar surface area (TPSA) is 18.5 Å². The van der Waals surface area contributed by atoms with Gasteiger partial charge in [0.05, 0.1) is 0 Å². The van der Waals surface area contributed by atoms with E-state index in [0.717, 1.165) is 19.6 Å². The molecular formula is C16H27N3. The van der Waals surface area contributed by atoms with E-state index in [-0.39, 0.29) is 0 Å². The van der Waals surface area contributed by atoms with Crippen LogP contribution in [0.2, 0.25) is 0 Å². The smallest absolute Gasteiger partial charge is 0.0473 e. The highest BCUT2D eigenvalue weighted by Crippen LogP contribution is 2.25. The second kappa shape index (κ2) is 6.51. The fraction of sp³-hybridized carbons (Fsp3) is 0.625. The summed E-state index contributed by atoms with van der Waals surface area (Å²) in [7, 11) is 4.28. The normalized spacial score (nSPS) is 27.4. The largest absolute Gasteiger partial charge is 0.318 e.